The second kappa shape index (κ2) is 8.14. The summed E-state index contributed by atoms with van der Waals surface area (Å²) in [5.41, 5.74) is 0.881. The summed E-state index contributed by atoms with van der Waals surface area (Å²) >= 11 is 3.42. The maximum absolute atomic E-state index is 13.1. The third-order valence-electron chi connectivity index (χ3n) is 5.15. The minimum Gasteiger partial charge on any atom is -0.496 e. The first-order chi connectivity index (χ1) is 14.0. The Morgan fingerprint density at radius 1 is 1.03 bits per heavy atom. The average Bonchev–Trinajstić information content (AvgIpc) is 2.75. The molecule has 0 radical (unpaired) electrons. The fraction of sp³-hybridized carbons (Fsp3) is 0.261. The van der Waals surface area contributed by atoms with Crippen molar-refractivity contribution in [2.75, 3.05) is 25.6 Å². The average molecular weight is 456 g/mol. The Morgan fingerprint density at radius 2 is 1.69 bits per heavy atom. The summed E-state index contributed by atoms with van der Waals surface area (Å²) in [4.78, 5) is 13.1. The lowest BCUT2D eigenvalue weighted by atomic mass is 9.90. The van der Waals surface area contributed by atoms with Crippen LogP contribution in [0.4, 0.5) is 5.69 Å². The molecular weight excluding hydrogens is 434 g/mol. The zero-order chi connectivity index (χ0) is 20.4. The van der Waals surface area contributed by atoms with Crippen molar-refractivity contribution in [1.82, 2.24) is 0 Å². The Labute approximate surface area is 178 Å². The van der Waals surface area contributed by atoms with E-state index in [1.165, 1.54) is 0 Å². The monoisotopic (exact) mass is 455 g/mol. The number of methoxy groups -OCH3 is 1. The highest BCUT2D eigenvalue weighted by molar-refractivity contribution is 9.10. The minimum atomic E-state index is -0.785. The highest BCUT2D eigenvalue weighted by atomic mass is 79.9. The summed E-state index contributed by atoms with van der Waals surface area (Å²) in [6, 6.07) is 19.3. The van der Waals surface area contributed by atoms with Crippen LogP contribution in [0.5, 0.6) is 5.75 Å². The summed E-state index contributed by atoms with van der Waals surface area (Å²) in [5.74, 6) is 0.633. The van der Waals surface area contributed by atoms with E-state index in [2.05, 4.69) is 21.2 Å². The molecule has 3 aromatic carbocycles. The molecule has 0 aliphatic carbocycles. The number of rotatable bonds is 4. The summed E-state index contributed by atoms with van der Waals surface area (Å²) in [7, 11) is 1.64. The van der Waals surface area contributed by atoms with E-state index in [9.17, 15) is 4.79 Å². The normalized spacial score (nSPS) is 21.7. The van der Waals surface area contributed by atoms with E-state index < -0.39 is 11.7 Å². The molecule has 150 valence electrons. The van der Waals surface area contributed by atoms with Gasteiger partial charge in [-0.05, 0) is 31.2 Å². The molecule has 0 saturated carbocycles. The topological polar surface area (TPSA) is 56.8 Å². The number of benzene rings is 3. The minimum absolute atomic E-state index is 0.137. The van der Waals surface area contributed by atoms with Gasteiger partial charge in [0, 0.05) is 26.5 Å². The van der Waals surface area contributed by atoms with Gasteiger partial charge in [-0.2, -0.15) is 0 Å². The van der Waals surface area contributed by atoms with Crippen molar-refractivity contribution in [3.05, 3.63) is 70.7 Å². The fourth-order valence-electron chi connectivity index (χ4n) is 3.38. The third kappa shape index (κ3) is 4.01. The number of anilines is 1. The largest absolute Gasteiger partial charge is 0.496 e. The lowest BCUT2D eigenvalue weighted by Crippen LogP contribution is -2.45. The fourth-order valence-corrected chi connectivity index (χ4v) is 3.65. The maximum atomic E-state index is 13.1. The highest BCUT2D eigenvalue weighted by Crippen LogP contribution is 2.35. The molecule has 0 spiro atoms. The molecule has 1 fully saturated rings. The Morgan fingerprint density at radius 3 is 2.34 bits per heavy atom. The molecule has 1 N–H and O–H groups in total. The lowest BCUT2D eigenvalue weighted by molar-refractivity contribution is -0.226. The third-order valence-corrected chi connectivity index (χ3v) is 5.68. The van der Waals surface area contributed by atoms with Gasteiger partial charge < -0.3 is 19.5 Å². The van der Waals surface area contributed by atoms with Crippen molar-refractivity contribution in [3.63, 3.8) is 0 Å². The van der Waals surface area contributed by atoms with Gasteiger partial charge in [0.25, 0.3) is 0 Å². The zero-order valence-corrected chi connectivity index (χ0v) is 17.9. The predicted molar refractivity (Wildman–Crippen MR) is 116 cm³/mol. The Hall–Kier alpha value is -2.41. The highest BCUT2D eigenvalue weighted by Gasteiger charge is 2.40. The van der Waals surface area contributed by atoms with Crippen molar-refractivity contribution < 1.29 is 19.0 Å². The van der Waals surface area contributed by atoms with Crippen molar-refractivity contribution in [2.24, 2.45) is 5.41 Å². The quantitative estimate of drug-likeness (QED) is 0.579. The van der Waals surface area contributed by atoms with Crippen molar-refractivity contribution in [2.45, 2.75) is 13.2 Å². The molecule has 4 rings (SSSR count). The van der Waals surface area contributed by atoms with Gasteiger partial charge >= 0.3 is 0 Å². The molecule has 1 saturated heterocycles. The van der Waals surface area contributed by atoms with Crippen LogP contribution >= 0.6 is 15.9 Å². The van der Waals surface area contributed by atoms with Crippen LogP contribution in [0.1, 0.15) is 18.8 Å². The van der Waals surface area contributed by atoms with Crippen LogP contribution in [0.3, 0.4) is 0 Å². The summed E-state index contributed by atoms with van der Waals surface area (Å²) in [5, 5.41) is 4.92. The van der Waals surface area contributed by atoms with Crippen LogP contribution in [-0.4, -0.2) is 26.2 Å². The van der Waals surface area contributed by atoms with Gasteiger partial charge in [0.1, 0.15) is 5.75 Å². The smallest absolute Gasteiger partial charge is 0.235 e. The molecule has 1 heterocycles. The molecular formula is C23H22BrNO4. The first-order valence-corrected chi connectivity index (χ1v) is 10.2. The van der Waals surface area contributed by atoms with Crippen LogP contribution in [0.25, 0.3) is 10.8 Å². The first-order valence-electron chi connectivity index (χ1n) is 9.36. The van der Waals surface area contributed by atoms with Gasteiger partial charge in [0.2, 0.25) is 5.91 Å². The van der Waals surface area contributed by atoms with Crippen LogP contribution in [-0.2, 0) is 14.3 Å². The van der Waals surface area contributed by atoms with E-state index in [0.717, 1.165) is 32.2 Å². The number of nitrogens with one attached hydrogen (secondary N) is 1. The van der Waals surface area contributed by atoms with Gasteiger partial charge in [0.15, 0.2) is 6.29 Å². The molecule has 1 aliphatic rings. The van der Waals surface area contributed by atoms with Gasteiger partial charge in [-0.25, -0.2) is 0 Å². The molecule has 5 nitrogen and oxygen atoms in total. The van der Waals surface area contributed by atoms with E-state index in [-0.39, 0.29) is 19.1 Å². The number of carbonyl (C=O) groups excluding carboxylic acids is 1. The second-order valence-corrected chi connectivity index (χ2v) is 8.30. The van der Waals surface area contributed by atoms with Gasteiger partial charge in [-0.3, -0.25) is 4.79 Å². The molecule has 0 aromatic heterocycles. The van der Waals surface area contributed by atoms with Crippen LogP contribution < -0.4 is 10.1 Å². The maximum Gasteiger partial charge on any atom is 0.235 e. The van der Waals surface area contributed by atoms with Gasteiger partial charge in [0.05, 0.1) is 25.7 Å². The second-order valence-electron chi connectivity index (χ2n) is 7.38. The van der Waals surface area contributed by atoms with E-state index in [1.807, 2.05) is 67.6 Å². The standard InChI is InChI=1S/C23H22BrNO4/c1-23(13-28-21(29-14-23)15-7-9-16(24)10-8-15)22(26)25-19-11-12-20(27-2)18-6-4-3-5-17(18)19/h3-12,21H,13-14H2,1-2H3,(H,25,26). The summed E-state index contributed by atoms with van der Waals surface area (Å²) in [6.45, 7) is 2.40. The van der Waals surface area contributed by atoms with E-state index in [4.69, 9.17) is 14.2 Å². The molecule has 3 aromatic rings. The van der Waals surface area contributed by atoms with E-state index in [1.54, 1.807) is 7.11 Å². The van der Waals surface area contributed by atoms with Crippen LogP contribution in [0.15, 0.2) is 65.1 Å². The van der Waals surface area contributed by atoms with Crippen molar-refractivity contribution in [1.29, 1.82) is 0 Å². The number of ether oxygens (including phenoxy) is 3. The predicted octanol–water partition coefficient (Wildman–Crippen LogP) is 5.30. The Balaban J connectivity index is 1.49. The number of hydrogen-bond acceptors (Lipinski definition) is 4. The molecule has 0 atom stereocenters. The number of amides is 1. The number of fused-ring (bicyclic) bond motifs is 1. The summed E-state index contributed by atoms with van der Waals surface area (Å²) in [6.07, 6.45) is -0.467. The number of carbonyl (C=O) groups is 1. The van der Waals surface area contributed by atoms with Crippen molar-refractivity contribution in [3.8, 4) is 5.75 Å². The van der Waals surface area contributed by atoms with Crippen LogP contribution in [0, 0.1) is 5.41 Å². The molecule has 6 heteroatoms. The number of hydrogen-bond donors (Lipinski definition) is 1. The number of halogens is 1. The molecule has 1 amide bonds. The zero-order valence-electron chi connectivity index (χ0n) is 16.3. The molecule has 0 unspecified atom stereocenters. The first kappa shape index (κ1) is 19.9. The molecule has 29 heavy (non-hydrogen) atoms. The molecule has 1 aliphatic heterocycles. The summed E-state index contributed by atoms with van der Waals surface area (Å²) < 4.78 is 18.2. The Bertz CT molecular complexity index is 1030. The van der Waals surface area contributed by atoms with Crippen LogP contribution in [0.2, 0.25) is 0 Å². The Kier molecular flexibility index (Phi) is 5.58. The SMILES string of the molecule is COc1ccc(NC(=O)C2(C)COC(c3ccc(Br)cc3)OC2)c2ccccc12. The van der Waals surface area contributed by atoms with E-state index >= 15 is 0 Å². The van der Waals surface area contributed by atoms with Crippen molar-refractivity contribution >= 4 is 38.3 Å². The van der Waals surface area contributed by atoms with Gasteiger partial charge in [-0.15, -0.1) is 0 Å². The molecule has 0 bridgehead atoms. The lowest BCUT2D eigenvalue weighted by Gasteiger charge is -2.36. The van der Waals surface area contributed by atoms with E-state index in [0.29, 0.717) is 0 Å². The van der Waals surface area contributed by atoms with Gasteiger partial charge in [-0.1, -0.05) is 52.3 Å².